The summed E-state index contributed by atoms with van der Waals surface area (Å²) in [6.07, 6.45) is 0.669. The molecule has 0 saturated carbocycles. The van der Waals surface area contributed by atoms with Crippen molar-refractivity contribution in [2.75, 3.05) is 19.6 Å². The number of aliphatic imine (C=N–C) groups is 1. The van der Waals surface area contributed by atoms with E-state index in [0.29, 0.717) is 19.0 Å². The summed E-state index contributed by atoms with van der Waals surface area (Å²) in [5, 5.41) is 11.6. The Hall–Kier alpha value is -1.85. The molecule has 0 aliphatic carbocycles. The van der Waals surface area contributed by atoms with Crippen LogP contribution in [0.1, 0.15) is 25.0 Å². The van der Waals surface area contributed by atoms with Crippen molar-refractivity contribution in [3.8, 4) is 5.75 Å². The highest BCUT2D eigenvalue weighted by Crippen LogP contribution is 2.14. The molecule has 0 fully saturated rings. The first kappa shape index (κ1) is 26.2. The van der Waals surface area contributed by atoms with Crippen molar-refractivity contribution in [2.24, 2.45) is 10.1 Å². The quantitative estimate of drug-likeness (QED) is 0.255. The second-order valence-electron chi connectivity index (χ2n) is 6.83. The molecule has 2 aromatic carbocycles. The molecule has 30 heavy (non-hydrogen) atoms. The molecule has 0 aromatic heterocycles. The average Bonchev–Trinajstić information content (AvgIpc) is 2.66. The van der Waals surface area contributed by atoms with E-state index < -0.39 is 10.0 Å². The maximum Gasteiger partial charge on any atom is 0.238 e. The Bertz CT molecular complexity index is 918. The molecule has 0 spiro atoms. The smallest absolute Gasteiger partial charge is 0.238 e. The number of primary sulfonamides is 1. The Balaban J connectivity index is 0.00000450. The van der Waals surface area contributed by atoms with Crippen molar-refractivity contribution in [1.29, 1.82) is 0 Å². The van der Waals surface area contributed by atoms with E-state index in [1.807, 2.05) is 45.0 Å². The van der Waals surface area contributed by atoms with Crippen LogP contribution in [-0.2, 0) is 16.4 Å². The van der Waals surface area contributed by atoms with Crippen LogP contribution in [0.15, 0.2) is 58.4 Å². The second-order valence-corrected chi connectivity index (χ2v) is 8.39. The van der Waals surface area contributed by atoms with Gasteiger partial charge in [-0.1, -0.05) is 24.3 Å². The fourth-order valence-corrected chi connectivity index (χ4v) is 3.21. The van der Waals surface area contributed by atoms with E-state index >= 15 is 0 Å². The zero-order valence-corrected chi connectivity index (χ0v) is 20.7. The fraction of sp³-hybridized carbons (Fsp3) is 0.381. The first-order valence-corrected chi connectivity index (χ1v) is 11.2. The van der Waals surface area contributed by atoms with Gasteiger partial charge in [0.1, 0.15) is 11.9 Å². The third kappa shape index (κ3) is 9.31. The van der Waals surface area contributed by atoms with Crippen molar-refractivity contribution in [1.82, 2.24) is 10.6 Å². The second kappa shape index (κ2) is 12.8. The highest BCUT2D eigenvalue weighted by atomic mass is 127. The van der Waals surface area contributed by atoms with E-state index in [0.717, 1.165) is 29.8 Å². The van der Waals surface area contributed by atoms with Crippen molar-refractivity contribution >= 4 is 40.0 Å². The molecule has 0 aliphatic rings. The number of sulfonamides is 1. The number of nitrogens with one attached hydrogen (secondary N) is 2. The van der Waals surface area contributed by atoms with E-state index in [1.165, 1.54) is 12.1 Å². The lowest BCUT2D eigenvalue weighted by Crippen LogP contribution is -2.39. The Morgan fingerprint density at radius 1 is 1.17 bits per heavy atom. The molecular formula is C21H31IN4O3S. The number of aryl methyl sites for hydroxylation is 1. The normalized spacial score (nSPS) is 12.6. The minimum atomic E-state index is -3.66. The van der Waals surface area contributed by atoms with Gasteiger partial charge in [0.05, 0.1) is 11.4 Å². The van der Waals surface area contributed by atoms with E-state index in [1.54, 1.807) is 12.1 Å². The topological polar surface area (TPSA) is 106 Å². The summed E-state index contributed by atoms with van der Waals surface area (Å²) in [5.74, 6) is 1.56. The molecule has 166 valence electrons. The van der Waals surface area contributed by atoms with Crippen molar-refractivity contribution in [3.05, 3.63) is 59.7 Å². The molecule has 2 rings (SSSR count). The van der Waals surface area contributed by atoms with Gasteiger partial charge >= 0.3 is 0 Å². The number of guanidine groups is 1. The molecule has 0 bridgehead atoms. The fourth-order valence-electron chi connectivity index (χ4n) is 2.69. The maximum absolute atomic E-state index is 11.3. The Morgan fingerprint density at radius 3 is 2.47 bits per heavy atom. The SMILES string of the molecule is CCNC(=NCC(C)Oc1cccc(C)c1)NCCc1ccc(S(N)(=O)=O)cc1.I. The number of halogens is 1. The predicted octanol–water partition coefficient (Wildman–Crippen LogP) is 2.83. The van der Waals surface area contributed by atoms with Crippen LogP contribution < -0.4 is 20.5 Å². The standard InChI is InChI=1S/C21H30N4O3S.HI/c1-4-23-21(25-15-17(3)28-19-7-5-6-16(2)14-19)24-13-12-18-8-10-20(11-9-18)29(22,26)27;/h5-11,14,17H,4,12-13,15H2,1-3H3,(H2,22,26,27)(H2,23,24,25);1H. The molecule has 1 atom stereocenters. The van der Waals surface area contributed by atoms with Crippen molar-refractivity contribution in [2.45, 2.75) is 38.2 Å². The molecule has 1 unspecified atom stereocenters. The minimum Gasteiger partial charge on any atom is -0.489 e. The summed E-state index contributed by atoms with van der Waals surface area (Å²) in [6, 6.07) is 14.5. The number of rotatable bonds is 9. The van der Waals surface area contributed by atoms with Crippen LogP contribution in [0.4, 0.5) is 0 Å². The number of nitrogens with two attached hydrogens (primary N) is 1. The van der Waals surface area contributed by atoms with Gasteiger partial charge in [0.15, 0.2) is 5.96 Å². The monoisotopic (exact) mass is 546 g/mol. The Kier molecular flexibility index (Phi) is 11.1. The van der Waals surface area contributed by atoms with E-state index in [2.05, 4.69) is 15.6 Å². The molecule has 2 aromatic rings. The van der Waals surface area contributed by atoms with Gasteiger partial charge in [0.25, 0.3) is 0 Å². The third-order valence-corrected chi connectivity index (χ3v) is 5.06. The number of hydrogen-bond donors (Lipinski definition) is 3. The number of nitrogens with zero attached hydrogens (tertiary/aromatic N) is 1. The van der Waals surface area contributed by atoms with Crippen molar-refractivity contribution < 1.29 is 13.2 Å². The summed E-state index contributed by atoms with van der Waals surface area (Å²) < 4.78 is 28.5. The summed E-state index contributed by atoms with van der Waals surface area (Å²) >= 11 is 0. The molecule has 7 nitrogen and oxygen atoms in total. The Labute approximate surface area is 196 Å². The summed E-state index contributed by atoms with van der Waals surface area (Å²) in [6.45, 7) is 7.96. The lowest BCUT2D eigenvalue weighted by atomic mass is 10.1. The van der Waals surface area contributed by atoms with Crippen molar-refractivity contribution in [3.63, 3.8) is 0 Å². The van der Waals surface area contributed by atoms with Crippen LogP contribution in [0, 0.1) is 6.92 Å². The highest BCUT2D eigenvalue weighted by Gasteiger charge is 2.07. The molecule has 0 radical (unpaired) electrons. The molecule has 0 amide bonds. The third-order valence-electron chi connectivity index (χ3n) is 4.14. The molecular weight excluding hydrogens is 515 g/mol. The maximum atomic E-state index is 11.3. The van der Waals surface area contributed by atoms with Crippen LogP contribution in [-0.4, -0.2) is 40.1 Å². The highest BCUT2D eigenvalue weighted by molar-refractivity contribution is 14.0. The van der Waals surface area contributed by atoms with Gasteiger partial charge in [-0.05, 0) is 62.6 Å². The van der Waals surface area contributed by atoms with Crippen LogP contribution in [0.3, 0.4) is 0 Å². The first-order chi connectivity index (χ1) is 13.8. The van der Waals surface area contributed by atoms with Gasteiger partial charge < -0.3 is 15.4 Å². The summed E-state index contributed by atoms with van der Waals surface area (Å²) in [7, 11) is -3.66. The van der Waals surface area contributed by atoms with Gasteiger partial charge in [0, 0.05) is 13.1 Å². The summed E-state index contributed by atoms with van der Waals surface area (Å²) in [4.78, 5) is 4.70. The van der Waals surface area contributed by atoms with E-state index in [4.69, 9.17) is 9.88 Å². The largest absolute Gasteiger partial charge is 0.489 e. The average molecular weight is 546 g/mol. The Morgan fingerprint density at radius 2 is 1.87 bits per heavy atom. The number of ether oxygens (including phenoxy) is 1. The first-order valence-electron chi connectivity index (χ1n) is 9.65. The predicted molar refractivity (Wildman–Crippen MR) is 132 cm³/mol. The molecule has 0 aliphatic heterocycles. The van der Waals surface area contributed by atoms with Gasteiger partial charge in [-0.15, -0.1) is 24.0 Å². The van der Waals surface area contributed by atoms with Crippen LogP contribution >= 0.6 is 24.0 Å². The zero-order chi connectivity index (χ0) is 21.3. The molecule has 9 heteroatoms. The lowest BCUT2D eigenvalue weighted by Gasteiger charge is -2.15. The van der Waals surface area contributed by atoms with Crippen LogP contribution in [0.25, 0.3) is 0 Å². The lowest BCUT2D eigenvalue weighted by molar-refractivity contribution is 0.230. The number of benzene rings is 2. The number of hydrogen-bond acceptors (Lipinski definition) is 4. The van der Waals surface area contributed by atoms with Gasteiger partial charge in [-0.25, -0.2) is 18.5 Å². The van der Waals surface area contributed by atoms with Crippen LogP contribution in [0.2, 0.25) is 0 Å². The van der Waals surface area contributed by atoms with Crippen LogP contribution in [0.5, 0.6) is 5.75 Å². The molecule has 0 saturated heterocycles. The zero-order valence-electron chi connectivity index (χ0n) is 17.6. The minimum absolute atomic E-state index is 0. The van der Waals surface area contributed by atoms with Gasteiger partial charge in [-0.2, -0.15) is 0 Å². The summed E-state index contributed by atoms with van der Waals surface area (Å²) in [5.41, 5.74) is 2.17. The molecule has 0 heterocycles. The molecule has 4 N–H and O–H groups in total. The van der Waals surface area contributed by atoms with E-state index in [-0.39, 0.29) is 35.0 Å². The van der Waals surface area contributed by atoms with E-state index in [9.17, 15) is 8.42 Å². The van der Waals surface area contributed by atoms with Gasteiger partial charge in [0.2, 0.25) is 10.0 Å². The van der Waals surface area contributed by atoms with Gasteiger partial charge in [-0.3, -0.25) is 0 Å².